The zero-order valence-corrected chi connectivity index (χ0v) is 16.6. The Morgan fingerprint density at radius 3 is 2.37 bits per heavy atom. The lowest BCUT2D eigenvalue weighted by atomic mass is 10.1. The third-order valence-electron chi connectivity index (χ3n) is 4.90. The van der Waals surface area contributed by atoms with Crippen LogP contribution in [0.4, 0.5) is 11.4 Å². The first-order valence-electron chi connectivity index (χ1n) is 9.07. The Morgan fingerprint density at radius 2 is 1.70 bits per heavy atom. The number of benzene rings is 2. The van der Waals surface area contributed by atoms with E-state index in [0.717, 1.165) is 32.4 Å². The molecule has 0 aromatic heterocycles. The fourth-order valence-electron chi connectivity index (χ4n) is 3.47. The maximum absolute atomic E-state index is 12.4. The molecule has 1 aliphatic heterocycles. The molecule has 1 amide bonds. The summed E-state index contributed by atoms with van der Waals surface area (Å²) in [6, 6.07) is 14.8. The number of carbonyl (C=O) groups excluding carboxylic acids is 1. The first-order valence-corrected chi connectivity index (χ1v) is 11.0. The van der Waals surface area contributed by atoms with Gasteiger partial charge in [-0.25, -0.2) is 8.42 Å². The molecule has 6 nitrogen and oxygen atoms in total. The minimum Gasteiger partial charge on any atom is -0.360 e. The van der Waals surface area contributed by atoms with Gasteiger partial charge in [-0.3, -0.25) is 4.79 Å². The molecule has 0 radical (unpaired) electrons. The van der Waals surface area contributed by atoms with Crippen LogP contribution < -0.4 is 15.1 Å². The van der Waals surface area contributed by atoms with Crippen LogP contribution >= 0.6 is 0 Å². The van der Waals surface area contributed by atoms with Gasteiger partial charge in [0.15, 0.2) is 16.4 Å². The number of hydrogen-bond acceptors (Lipinski definition) is 4. The van der Waals surface area contributed by atoms with Gasteiger partial charge in [0.2, 0.25) is 0 Å². The van der Waals surface area contributed by atoms with Crippen molar-refractivity contribution in [3.63, 3.8) is 0 Å². The van der Waals surface area contributed by atoms with Crippen molar-refractivity contribution in [2.75, 3.05) is 49.2 Å². The molecule has 0 spiro atoms. The summed E-state index contributed by atoms with van der Waals surface area (Å²) in [6.07, 6.45) is 1.15. The Kier molecular flexibility index (Phi) is 5.82. The van der Waals surface area contributed by atoms with E-state index in [1.54, 1.807) is 18.2 Å². The number of aryl methyl sites for hydroxylation is 1. The van der Waals surface area contributed by atoms with Gasteiger partial charge in [0.05, 0.1) is 36.8 Å². The lowest BCUT2D eigenvalue weighted by Crippen LogP contribution is -3.15. The highest BCUT2D eigenvalue weighted by Gasteiger charge is 2.24. The maximum atomic E-state index is 12.4. The SMILES string of the molecule is Cc1ccccc1N1CC[NH+](CC(=O)Nc2ccccc2S(C)(=O)=O)CC1. The Hall–Kier alpha value is -2.38. The summed E-state index contributed by atoms with van der Waals surface area (Å²) in [5.41, 5.74) is 2.86. The monoisotopic (exact) mass is 388 g/mol. The number of nitrogens with one attached hydrogen (secondary N) is 2. The third kappa shape index (κ3) is 4.87. The van der Waals surface area contributed by atoms with Crippen LogP contribution in [-0.2, 0) is 14.6 Å². The molecular weight excluding hydrogens is 362 g/mol. The standard InChI is InChI=1S/C20H25N3O3S/c1-16-7-3-5-9-18(16)23-13-11-22(12-14-23)15-20(24)21-17-8-4-6-10-19(17)27(2,25)26/h3-10H,11-15H2,1-2H3,(H,21,24)/p+1. The molecule has 0 aliphatic carbocycles. The second-order valence-electron chi connectivity index (χ2n) is 7.02. The first-order chi connectivity index (χ1) is 12.8. The fourth-order valence-corrected chi connectivity index (χ4v) is 4.32. The quantitative estimate of drug-likeness (QED) is 0.793. The molecule has 1 saturated heterocycles. The van der Waals surface area contributed by atoms with Crippen molar-refractivity contribution >= 4 is 27.1 Å². The topological polar surface area (TPSA) is 70.9 Å². The molecule has 1 heterocycles. The van der Waals surface area contributed by atoms with Crippen molar-refractivity contribution in [3.8, 4) is 0 Å². The average molecular weight is 389 g/mol. The molecule has 7 heteroatoms. The van der Waals surface area contributed by atoms with Crippen LogP contribution in [0.2, 0.25) is 0 Å². The molecule has 27 heavy (non-hydrogen) atoms. The maximum Gasteiger partial charge on any atom is 0.279 e. The summed E-state index contributed by atoms with van der Waals surface area (Å²) < 4.78 is 23.7. The second-order valence-corrected chi connectivity index (χ2v) is 9.00. The van der Waals surface area contributed by atoms with Gasteiger partial charge in [0.1, 0.15) is 0 Å². The Balaban J connectivity index is 1.57. The third-order valence-corrected chi connectivity index (χ3v) is 6.05. The van der Waals surface area contributed by atoms with Gasteiger partial charge in [-0.05, 0) is 30.7 Å². The van der Waals surface area contributed by atoms with Gasteiger partial charge in [-0.15, -0.1) is 0 Å². The van der Waals surface area contributed by atoms with E-state index < -0.39 is 9.84 Å². The van der Waals surface area contributed by atoms with Crippen molar-refractivity contribution in [1.82, 2.24) is 0 Å². The molecule has 2 aromatic rings. The van der Waals surface area contributed by atoms with Crippen molar-refractivity contribution < 1.29 is 18.1 Å². The van der Waals surface area contributed by atoms with Gasteiger partial charge in [0, 0.05) is 11.9 Å². The smallest absolute Gasteiger partial charge is 0.279 e. The van der Waals surface area contributed by atoms with E-state index in [1.165, 1.54) is 22.2 Å². The number of rotatable bonds is 5. The lowest BCUT2D eigenvalue weighted by Gasteiger charge is -2.34. The van der Waals surface area contributed by atoms with Crippen molar-refractivity contribution in [2.45, 2.75) is 11.8 Å². The molecule has 2 N–H and O–H groups in total. The van der Waals surface area contributed by atoms with E-state index in [-0.39, 0.29) is 10.8 Å². The summed E-state index contributed by atoms with van der Waals surface area (Å²) in [7, 11) is -3.38. The number of para-hydroxylation sites is 2. The van der Waals surface area contributed by atoms with Gasteiger partial charge >= 0.3 is 0 Å². The molecule has 0 atom stereocenters. The minimum absolute atomic E-state index is 0.151. The zero-order valence-electron chi connectivity index (χ0n) is 15.7. The predicted molar refractivity (Wildman–Crippen MR) is 107 cm³/mol. The highest BCUT2D eigenvalue weighted by atomic mass is 32.2. The highest BCUT2D eigenvalue weighted by Crippen LogP contribution is 2.20. The number of anilines is 2. The summed E-state index contributed by atoms with van der Waals surface area (Å²) >= 11 is 0. The largest absolute Gasteiger partial charge is 0.360 e. The van der Waals surface area contributed by atoms with Gasteiger partial charge < -0.3 is 15.1 Å². The number of hydrogen-bond donors (Lipinski definition) is 2. The first kappa shape index (κ1) is 19.4. The van der Waals surface area contributed by atoms with Gasteiger partial charge in [-0.1, -0.05) is 30.3 Å². The normalized spacial score (nSPS) is 15.6. The van der Waals surface area contributed by atoms with E-state index in [9.17, 15) is 13.2 Å². The summed E-state index contributed by atoms with van der Waals surface area (Å²) in [5, 5.41) is 2.76. The highest BCUT2D eigenvalue weighted by molar-refractivity contribution is 7.90. The van der Waals surface area contributed by atoms with Crippen LogP contribution in [0.1, 0.15) is 5.56 Å². The number of nitrogens with zero attached hydrogens (tertiary/aromatic N) is 1. The number of piperazine rings is 1. The van der Waals surface area contributed by atoms with E-state index in [4.69, 9.17) is 0 Å². The number of amides is 1. The Morgan fingerprint density at radius 1 is 1.07 bits per heavy atom. The van der Waals surface area contributed by atoms with E-state index in [2.05, 4.69) is 29.3 Å². The Bertz CT molecular complexity index is 920. The van der Waals surface area contributed by atoms with Crippen LogP contribution in [0.5, 0.6) is 0 Å². The van der Waals surface area contributed by atoms with E-state index in [1.807, 2.05) is 12.1 Å². The minimum atomic E-state index is -3.38. The Labute approximate surface area is 160 Å². The van der Waals surface area contributed by atoms with Crippen LogP contribution in [0.25, 0.3) is 0 Å². The molecule has 1 aliphatic rings. The van der Waals surface area contributed by atoms with Crippen molar-refractivity contribution in [2.24, 2.45) is 0 Å². The summed E-state index contributed by atoms with van der Waals surface area (Å²) in [5.74, 6) is -0.162. The number of sulfone groups is 1. The second kappa shape index (κ2) is 8.10. The van der Waals surface area contributed by atoms with Crippen LogP contribution in [0.15, 0.2) is 53.4 Å². The van der Waals surface area contributed by atoms with Gasteiger partial charge in [0.25, 0.3) is 5.91 Å². The fraction of sp³-hybridized carbons (Fsp3) is 0.350. The molecule has 3 rings (SSSR count). The van der Waals surface area contributed by atoms with E-state index >= 15 is 0 Å². The van der Waals surface area contributed by atoms with E-state index in [0.29, 0.717) is 12.2 Å². The predicted octanol–water partition coefficient (Wildman–Crippen LogP) is 0.742. The van der Waals surface area contributed by atoms with Crippen LogP contribution in [0.3, 0.4) is 0 Å². The molecule has 0 unspecified atom stereocenters. The van der Waals surface area contributed by atoms with Crippen LogP contribution in [0, 0.1) is 6.92 Å². The lowest BCUT2D eigenvalue weighted by molar-refractivity contribution is -0.892. The molecule has 0 saturated carbocycles. The van der Waals surface area contributed by atoms with Crippen LogP contribution in [-0.4, -0.2) is 53.3 Å². The molecule has 2 aromatic carbocycles. The summed E-state index contributed by atoms with van der Waals surface area (Å²) in [6.45, 7) is 5.98. The number of carbonyl (C=O) groups is 1. The van der Waals surface area contributed by atoms with Crippen molar-refractivity contribution in [1.29, 1.82) is 0 Å². The molecule has 0 bridgehead atoms. The molecule has 144 valence electrons. The molecule has 1 fully saturated rings. The van der Waals surface area contributed by atoms with Crippen molar-refractivity contribution in [3.05, 3.63) is 54.1 Å². The summed E-state index contributed by atoms with van der Waals surface area (Å²) in [4.78, 5) is 16.1. The average Bonchev–Trinajstić information content (AvgIpc) is 2.62. The number of quaternary nitrogens is 1. The molecular formula is C20H26N3O3S+. The zero-order chi connectivity index (χ0) is 19.4. The van der Waals surface area contributed by atoms with Gasteiger partial charge in [-0.2, -0.15) is 0 Å².